The molecule has 16 heteroatoms. The normalized spacial score (nSPS) is 26.4. The van der Waals surface area contributed by atoms with Crippen LogP contribution in [0.3, 0.4) is 0 Å². The van der Waals surface area contributed by atoms with Crippen LogP contribution in [0.25, 0.3) is 11.1 Å². The number of aryl methyl sites for hydroxylation is 2. The number of carbonyl (C=O) groups excluding carboxylic acids is 6. The third-order valence-corrected chi connectivity index (χ3v) is 16.4. The number of allylic oxidation sites excluding steroid dienone is 4. The van der Waals surface area contributed by atoms with E-state index in [0.29, 0.717) is 11.4 Å². The Bertz CT molecular complexity index is 2600. The number of rotatable bonds is 14. The summed E-state index contributed by atoms with van der Waals surface area (Å²) in [5.41, 5.74) is 8.45. The molecule has 4 N–H and O–H groups in total. The van der Waals surface area contributed by atoms with Gasteiger partial charge in [-0.05, 0) is 148 Å². The Morgan fingerprint density at radius 3 is 1.65 bits per heavy atom. The molecule has 0 unspecified atom stereocenters. The van der Waals surface area contributed by atoms with Gasteiger partial charge in [-0.25, -0.2) is 9.59 Å². The molecule has 9 aliphatic rings. The number of amides is 6. The number of benzene rings is 3. The summed E-state index contributed by atoms with van der Waals surface area (Å²) in [6.07, 6.45) is 12.6. The zero-order valence-corrected chi connectivity index (χ0v) is 42.1. The molecule has 6 amide bonds. The zero-order chi connectivity index (χ0) is 50.8. The standard InChI is InChI=1S/C56H68N6O10/c1-31(69-3)47(59-55(67)71-5)53(65)61-43-25-19-39(29-43)49(61)51(63)57-41-21-15-37(16-22-41)45-27-33-7-11-35(45)13-9-34-8-12-36(14-10-33)46(28-34)38-17-23-42(24-18-38)58-52(64)50-40-20-26-44(30-40)62(50)54(66)48(32(2)70-4)60-56(68)72-6/h7-8,11-12,15-18,21-24,27-28,31-32,35,39-40,43-45,47-50H,9-10,13-14,19-20,25-26,29-30H2,1-6H3,(H,57,63)(H,58,64)(H,59,67)(H,60,68)/t31-,32+,35-,39+,40+,43-,44-,45-,47+,48-,49+,50+/m1/s1. The van der Waals surface area contributed by atoms with Gasteiger partial charge < -0.3 is 50.0 Å². The number of fused-ring (bicyclic) bond motifs is 4. The summed E-state index contributed by atoms with van der Waals surface area (Å²) in [7, 11) is 5.44. The number of nitrogens with zero attached hydrogens (tertiary/aromatic N) is 2. The molecule has 12 rings (SSSR count). The van der Waals surface area contributed by atoms with Gasteiger partial charge >= 0.3 is 12.2 Å². The SMILES string of the molecule is COC(=O)N[C@H](C(=O)N1[C@@H]2CC[C@@H](C2)[C@H]1C(=O)Nc1ccc([C@@H]2C=C3C=C[C@@H]2CCc2ccc(c(-c4ccc(NC(=O)[C@@H]5[C@H]6CC[C@H](C6)N5C(=O)[C@H](NC(=O)OC)[C@H](C)OC)cc4)c2)CC3)cc1)[C@@H](C)OC. The predicted molar refractivity (Wildman–Crippen MR) is 271 cm³/mol. The maximum absolute atomic E-state index is 14.0. The van der Waals surface area contributed by atoms with Crippen molar-refractivity contribution in [2.24, 2.45) is 17.8 Å². The molecule has 0 aromatic heterocycles. The van der Waals surface area contributed by atoms with E-state index >= 15 is 0 Å². The minimum absolute atomic E-state index is 0.0257. The number of carbonyl (C=O) groups is 6. The number of hydrogen-bond donors (Lipinski definition) is 4. The summed E-state index contributed by atoms with van der Waals surface area (Å²) in [4.78, 5) is 83.8. The molecule has 4 fully saturated rings. The van der Waals surface area contributed by atoms with E-state index in [1.165, 1.54) is 56.3 Å². The fourth-order valence-corrected chi connectivity index (χ4v) is 12.4. The van der Waals surface area contributed by atoms with E-state index < -0.39 is 48.6 Å². The Balaban J connectivity index is 0.852. The highest BCUT2D eigenvalue weighted by atomic mass is 16.5. The van der Waals surface area contributed by atoms with Crippen molar-refractivity contribution in [1.82, 2.24) is 20.4 Å². The fourth-order valence-electron chi connectivity index (χ4n) is 12.4. The lowest BCUT2D eigenvalue weighted by atomic mass is 9.76. The van der Waals surface area contributed by atoms with E-state index in [-0.39, 0.29) is 59.4 Å². The third kappa shape index (κ3) is 10.3. The molecule has 2 aliphatic heterocycles. The number of ether oxygens (including phenoxy) is 4. The van der Waals surface area contributed by atoms with Gasteiger partial charge in [0, 0.05) is 43.6 Å². The van der Waals surface area contributed by atoms with E-state index in [2.05, 4.69) is 82.0 Å². The Morgan fingerprint density at radius 2 is 1.14 bits per heavy atom. The van der Waals surface area contributed by atoms with E-state index in [1.807, 2.05) is 24.3 Å². The topological polar surface area (TPSA) is 194 Å². The van der Waals surface area contributed by atoms with Crippen molar-refractivity contribution in [3.63, 3.8) is 0 Å². The predicted octanol–water partition coefficient (Wildman–Crippen LogP) is 7.28. The second-order valence-corrected chi connectivity index (χ2v) is 20.4. The van der Waals surface area contributed by atoms with Crippen molar-refractivity contribution < 1.29 is 47.7 Å². The number of hydrogen-bond acceptors (Lipinski definition) is 10. The van der Waals surface area contributed by atoms with Crippen molar-refractivity contribution in [1.29, 1.82) is 0 Å². The van der Waals surface area contributed by atoms with Crippen molar-refractivity contribution in [3.05, 3.63) is 107 Å². The summed E-state index contributed by atoms with van der Waals surface area (Å²) in [5, 5.41) is 11.5. The number of piperidine rings is 2. The minimum atomic E-state index is -1.00. The maximum atomic E-state index is 14.0. The minimum Gasteiger partial charge on any atom is -0.453 e. The van der Waals surface area contributed by atoms with Gasteiger partial charge in [-0.3, -0.25) is 19.2 Å². The lowest BCUT2D eigenvalue weighted by molar-refractivity contribution is -0.145. The lowest BCUT2D eigenvalue weighted by Gasteiger charge is -2.37. The highest BCUT2D eigenvalue weighted by molar-refractivity contribution is 6.00. The van der Waals surface area contributed by atoms with Crippen molar-refractivity contribution in [3.8, 4) is 11.1 Å². The van der Waals surface area contributed by atoms with Gasteiger partial charge in [-0.2, -0.15) is 0 Å². The van der Waals surface area contributed by atoms with Crippen molar-refractivity contribution in [2.75, 3.05) is 39.1 Å². The summed E-state index contributed by atoms with van der Waals surface area (Å²) in [5.74, 6) is -0.712. The lowest BCUT2D eigenvalue weighted by Crippen LogP contribution is -2.60. The fraction of sp³-hybridized carbons (Fsp3) is 0.500. The molecule has 2 heterocycles. The Morgan fingerprint density at radius 1 is 0.611 bits per heavy atom. The van der Waals surface area contributed by atoms with Gasteiger partial charge in [0.2, 0.25) is 23.6 Å². The summed E-state index contributed by atoms with van der Waals surface area (Å²) in [6, 6.07) is 19.4. The molecule has 3 aromatic carbocycles. The molecule has 16 nitrogen and oxygen atoms in total. The molecular formula is C56H68N6O10. The molecule has 2 saturated heterocycles. The van der Waals surface area contributed by atoms with Crippen molar-refractivity contribution >= 4 is 47.2 Å². The summed E-state index contributed by atoms with van der Waals surface area (Å²) >= 11 is 0. The Kier molecular flexibility index (Phi) is 15.2. The van der Waals surface area contributed by atoms with Gasteiger partial charge in [0.15, 0.2) is 0 Å². The number of anilines is 2. The zero-order valence-electron chi connectivity index (χ0n) is 42.1. The van der Waals surface area contributed by atoms with Gasteiger partial charge in [-0.1, -0.05) is 66.3 Å². The van der Waals surface area contributed by atoms with Gasteiger partial charge in [0.1, 0.15) is 24.2 Å². The molecule has 8 bridgehead atoms. The molecule has 0 radical (unpaired) electrons. The van der Waals surface area contributed by atoms with E-state index in [9.17, 15) is 28.8 Å². The first-order valence-electron chi connectivity index (χ1n) is 25.5. The average molecular weight is 985 g/mol. The first kappa shape index (κ1) is 50.4. The molecule has 72 heavy (non-hydrogen) atoms. The van der Waals surface area contributed by atoms with Crippen LogP contribution in [0.2, 0.25) is 0 Å². The van der Waals surface area contributed by atoms with Crippen LogP contribution in [-0.2, 0) is 51.0 Å². The molecule has 0 spiro atoms. The van der Waals surface area contributed by atoms with Gasteiger partial charge in [0.05, 0.1) is 26.4 Å². The first-order chi connectivity index (χ1) is 34.8. The van der Waals surface area contributed by atoms with Crippen LogP contribution in [-0.4, -0.2) is 123 Å². The van der Waals surface area contributed by atoms with Crippen molar-refractivity contribution in [2.45, 2.75) is 132 Å². The van der Waals surface area contributed by atoms with Crippen LogP contribution in [0, 0.1) is 17.8 Å². The third-order valence-electron chi connectivity index (χ3n) is 16.4. The van der Waals surface area contributed by atoms with Gasteiger partial charge in [0.25, 0.3) is 0 Å². The molecule has 12 atom stereocenters. The van der Waals surface area contributed by atoms with Crippen LogP contribution >= 0.6 is 0 Å². The second kappa shape index (κ2) is 21.7. The highest BCUT2D eigenvalue weighted by Gasteiger charge is 2.54. The number of alkyl carbamates (subject to hydrolysis) is 2. The largest absolute Gasteiger partial charge is 0.453 e. The van der Waals surface area contributed by atoms with Crippen LogP contribution < -0.4 is 21.3 Å². The number of likely N-dealkylation sites (tertiary alicyclic amines) is 2. The summed E-state index contributed by atoms with van der Waals surface area (Å²) in [6.45, 7) is 3.42. The quantitative estimate of drug-likeness (QED) is 0.128. The number of methoxy groups -OCH3 is 4. The monoisotopic (exact) mass is 984 g/mol. The highest BCUT2D eigenvalue weighted by Crippen LogP contribution is 2.45. The van der Waals surface area contributed by atoms with E-state index in [0.717, 1.165) is 69.8 Å². The molecule has 382 valence electrons. The molecule has 2 saturated carbocycles. The molecular weight excluding hydrogens is 917 g/mol. The Hall–Kier alpha value is -6.52. The van der Waals surface area contributed by atoms with E-state index in [4.69, 9.17) is 18.9 Å². The first-order valence-corrected chi connectivity index (χ1v) is 25.5. The molecule has 7 aliphatic carbocycles. The average Bonchev–Trinajstić information content (AvgIpc) is 4.23. The second-order valence-electron chi connectivity index (χ2n) is 20.4. The molecule has 3 aromatic rings. The summed E-state index contributed by atoms with van der Waals surface area (Å²) < 4.78 is 20.5. The van der Waals surface area contributed by atoms with Crippen LogP contribution in [0.15, 0.2) is 90.5 Å². The van der Waals surface area contributed by atoms with Crippen LogP contribution in [0.1, 0.15) is 87.8 Å². The number of nitrogens with one attached hydrogen (secondary N) is 4. The smallest absolute Gasteiger partial charge is 0.407 e. The van der Waals surface area contributed by atoms with Crippen LogP contribution in [0.4, 0.5) is 21.0 Å². The maximum Gasteiger partial charge on any atom is 0.407 e. The van der Waals surface area contributed by atoms with Crippen LogP contribution in [0.5, 0.6) is 0 Å². The van der Waals surface area contributed by atoms with Gasteiger partial charge in [-0.15, -0.1) is 0 Å². The Labute approximate surface area is 421 Å². The van der Waals surface area contributed by atoms with E-state index in [1.54, 1.807) is 23.6 Å².